The van der Waals surface area contributed by atoms with Crippen LogP contribution in [0.2, 0.25) is 0 Å². The highest BCUT2D eigenvalue weighted by Gasteiger charge is 2.04. The SMILES string of the molecule is Nc1nccc(NCCNc2cc(-c3ccccc3)nc(N)n2)n1. The molecule has 2 aromatic heterocycles. The van der Waals surface area contributed by atoms with Crippen LogP contribution < -0.4 is 22.1 Å². The highest BCUT2D eigenvalue weighted by atomic mass is 15.1. The average molecular weight is 322 g/mol. The van der Waals surface area contributed by atoms with Crippen molar-refractivity contribution in [3.8, 4) is 11.3 Å². The minimum Gasteiger partial charge on any atom is -0.368 e. The molecule has 8 heteroatoms. The van der Waals surface area contributed by atoms with E-state index in [1.165, 1.54) is 0 Å². The molecule has 0 aliphatic rings. The minimum atomic E-state index is 0.232. The lowest BCUT2D eigenvalue weighted by molar-refractivity contribution is 1.03. The molecule has 0 fully saturated rings. The monoisotopic (exact) mass is 322 g/mol. The van der Waals surface area contributed by atoms with Gasteiger partial charge in [0.05, 0.1) is 5.69 Å². The van der Waals surface area contributed by atoms with Gasteiger partial charge in [-0.1, -0.05) is 30.3 Å². The number of nitrogens with two attached hydrogens (primary N) is 2. The Morgan fingerprint density at radius 2 is 1.50 bits per heavy atom. The van der Waals surface area contributed by atoms with E-state index in [1.54, 1.807) is 12.3 Å². The summed E-state index contributed by atoms with van der Waals surface area (Å²) in [5, 5.41) is 6.36. The Kier molecular flexibility index (Phi) is 4.66. The number of rotatable bonds is 6. The van der Waals surface area contributed by atoms with Crippen LogP contribution >= 0.6 is 0 Å². The number of nitrogens with zero attached hydrogens (tertiary/aromatic N) is 4. The highest BCUT2D eigenvalue weighted by molar-refractivity contribution is 5.63. The highest BCUT2D eigenvalue weighted by Crippen LogP contribution is 2.20. The number of benzene rings is 1. The summed E-state index contributed by atoms with van der Waals surface area (Å²) in [4.78, 5) is 16.4. The predicted molar refractivity (Wildman–Crippen MR) is 95.3 cm³/mol. The number of hydrogen-bond donors (Lipinski definition) is 4. The van der Waals surface area contributed by atoms with Gasteiger partial charge in [-0.05, 0) is 6.07 Å². The van der Waals surface area contributed by atoms with Crippen LogP contribution in [0.1, 0.15) is 0 Å². The summed E-state index contributed by atoms with van der Waals surface area (Å²) in [6.45, 7) is 1.27. The zero-order chi connectivity index (χ0) is 16.8. The van der Waals surface area contributed by atoms with E-state index >= 15 is 0 Å². The lowest BCUT2D eigenvalue weighted by Gasteiger charge is -2.10. The van der Waals surface area contributed by atoms with E-state index < -0.39 is 0 Å². The van der Waals surface area contributed by atoms with Crippen LogP contribution in [0.3, 0.4) is 0 Å². The summed E-state index contributed by atoms with van der Waals surface area (Å²) in [6.07, 6.45) is 1.61. The zero-order valence-electron chi connectivity index (χ0n) is 13.0. The van der Waals surface area contributed by atoms with Crippen molar-refractivity contribution in [1.29, 1.82) is 0 Å². The molecule has 2 heterocycles. The van der Waals surface area contributed by atoms with E-state index in [9.17, 15) is 0 Å². The van der Waals surface area contributed by atoms with Gasteiger partial charge in [-0.2, -0.15) is 9.97 Å². The third kappa shape index (κ3) is 4.07. The van der Waals surface area contributed by atoms with Crippen molar-refractivity contribution in [2.45, 2.75) is 0 Å². The summed E-state index contributed by atoms with van der Waals surface area (Å²) in [7, 11) is 0. The van der Waals surface area contributed by atoms with Crippen LogP contribution in [0, 0.1) is 0 Å². The third-order valence-corrected chi connectivity index (χ3v) is 3.22. The van der Waals surface area contributed by atoms with Gasteiger partial charge in [0.2, 0.25) is 11.9 Å². The molecule has 8 nitrogen and oxygen atoms in total. The second kappa shape index (κ2) is 7.23. The summed E-state index contributed by atoms with van der Waals surface area (Å²) < 4.78 is 0. The van der Waals surface area contributed by atoms with Crippen molar-refractivity contribution < 1.29 is 0 Å². The van der Waals surface area contributed by atoms with Gasteiger partial charge in [0.1, 0.15) is 11.6 Å². The fraction of sp³-hybridized carbons (Fsp3) is 0.125. The van der Waals surface area contributed by atoms with E-state index in [-0.39, 0.29) is 11.9 Å². The quantitative estimate of drug-likeness (QED) is 0.504. The molecule has 0 aliphatic heterocycles. The molecule has 24 heavy (non-hydrogen) atoms. The molecule has 6 N–H and O–H groups in total. The van der Waals surface area contributed by atoms with Gasteiger partial charge in [-0.3, -0.25) is 0 Å². The van der Waals surface area contributed by atoms with Crippen molar-refractivity contribution >= 4 is 23.5 Å². The van der Waals surface area contributed by atoms with E-state index in [2.05, 4.69) is 30.6 Å². The summed E-state index contributed by atoms with van der Waals surface area (Å²) >= 11 is 0. The van der Waals surface area contributed by atoms with Crippen molar-refractivity contribution in [1.82, 2.24) is 19.9 Å². The van der Waals surface area contributed by atoms with E-state index in [4.69, 9.17) is 11.5 Å². The molecule has 0 radical (unpaired) electrons. The van der Waals surface area contributed by atoms with Gasteiger partial charge in [0, 0.05) is 30.9 Å². The lowest BCUT2D eigenvalue weighted by atomic mass is 10.1. The van der Waals surface area contributed by atoms with Crippen LogP contribution in [0.5, 0.6) is 0 Å². The molecule has 0 spiro atoms. The molecule has 3 rings (SSSR count). The molecule has 0 saturated heterocycles. The Balaban J connectivity index is 1.60. The number of anilines is 4. The van der Waals surface area contributed by atoms with Gasteiger partial charge in [0.25, 0.3) is 0 Å². The molecule has 3 aromatic rings. The van der Waals surface area contributed by atoms with Crippen LogP contribution in [0.4, 0.5) is 23.5 Å². The molecular formula is C16H18N8. The molecule has 0 bridgehead atoms. The van der Waals surface area contributed by atoms with Crippen LogP contribution in [-0.2, 0) is 0 Å². The van der Waals surface area contributed by atoms with E-state index in [0.717, 1.165) is 11.3 Å². The maximum atomic E-state index is 5.80. The fourth-order valence-corrected chi connectivity index (χ4v) is 2.17. The first-order valence-corrected chi connectivity index (χ1v) is 7.47. The maximum Gasteiger partial charge on any atom is 0.222 e. The van der Waals surface area contributed by atoms with Crippen molar-refractivity contribution in [2.24, 2.45) is 0 Å². The maximum absolute atomic E-state index is 5.80. The zero-order valence-corrected chi connectivity index (χ0v) is 13.0. The van der Waals surface area contributed by atoms with Crippen LogP contribution in [0.25, 0.3) is 11.3 Å². The minimum absolute atomic E-state index is 0.232. The molecule has 0 saturated carbocycles. The summed E-state index contributed by atoms with van der Waals surface area (Å²) in [6, 6.07) is 13.5. The van der Waals surface area contributed by atoms with Gasteiger partial charge in [-0.15, -0.1) is 0 Å². The van der Waals surface area contributed by atoms with Crippen LogP contribution in [0.15, 0.2) is 48.7 Å². The molecular weight excluding hydrogens is 304 g/mol. The first-order valence-electron chi connectivity index (χ1n) is 7.47. The fourth-order valence-electron chi connectivity index (χ4n) is 2.17. The number of aromatic nitrogens is 4. The van der Waals surface area contributed by atoms with Gasteiger partial charge >= 0.3 is 0 Å². The van der Waals surface area contributed by atoms with Crippen molar-refractivity contribution in [3.63, 3.8) is 0 Å². The Morgan fingerprint density at radius 3 is 2.25 bits per heavy atom. The molecule has 0 atom stereocenters. The normalized spacial score (nSPS) is 10.3. The number of hydrogen-bond acceptors (Lipinski definition) is 8. The summed E-state index contributed by atoms with van der Waals surface area (Å²) in [5.74, 6) is 1.82. The molecule has 1 aromatic carbocycles. The number of nitrogen functional groups attached to an aromatic ring is 2. The van der Waals surface area contributed by atoms with Crippen molar-refractivity contribution in [3.05, 3.63) is 48.7 Å². The van der Waals surface area contributed by atoms with Gasteiger partial charge in [-0.25, -0.2) is 9.97 Å². The van der Waals surface area contributed by atoms with Crippen molar-refractivity contribution in [2.75, 3.05) is 35.2 Å². The first-order chi connectivity index (χ1) is 11.7. The smallest absolute Gasteiger partial charge is 0.222 e. The molecule has 0 aliphatic carbocycles. The van der Waals surface area contributed by atoms with E-state index in [0.29, 0.717) is 24.7 Å². The van der Waals surface area contributed by atoms with E-state index in [1.807, 2.05) is 36.4 Å². The first kappa shape index (κ1) is 15.5. The largest absolute Gasteiger partial charge is 0.368 e. The van der Waals surface area contributed by atoms with Crippen LogP contribution in [-0.4, -0.2) is 33.0 Å². The molecule has 0 amide bonds. The molecule has 122 valence electrons. The molecule has 0 unspecified atom stereocenters. The predicted octanol–water partition coefficient (Wildman–Crippen LogP) is 1.62. The Hall–Kier alpha value is -3.42. The standard InChI is InChI=1S/C16H18N8/c17-15-21-7-6-13(23-15)19-8-9-20-14-10-12(22-16(18)24-14)11-4-2-1-3-5-11/h1-7,10H,8-9H2,(H3,17,19,21,23)(H3,18,20,22,24). The van der Waals surface area contributed by atoms with Gasteiger partial charge < -0.3 is 22.1 Å². The Bertz CT molecular complexity index is 806. The second-order valence-corrected chi connectivity index (χ2v) is 5.02. The Labute approximate surface area is 139 Å². The second-order valence-electron chi connectivity index (χ2n) is 5.02. The lowest BCUT2D eigenvalue weighted by Crippen LogP contribution is -2.16. The third-order valence-electron chi connectivity index (χ3n) is 3.22. The average Bonchev–Trinajstić information content (AvgIpc) is 2.59. The van der Waals surface area contributed by atoms with Gasteiger partial charge in [0.15, 0.2) is 0 Å². The Morgan fingerprint density at radius 1 is 0.792 bits per heavy atom. The topological polar surface area (TPSA) is 128 Å². The summed E-state index contributed by atoms with van der Waals surface area (Å²) in [5.41, 5.74) is 13.1. The number of nitrogens with one attached hydrogen (secondary N) is 2.